The van der Waals surface area contributed by atoms with Crippen LogP contribution in [-0.2, 0) is 4.74 Å². The molecule has 1 aliphatic rings. The topological polar surface area (TPSA) is 18.5 Å². The molecular weight excluding hydrogens is 188 g/mol. The fourth-order valence-electron chi connectivity index (χ4n) is 1.58. The Bertz CT molecular complexity index is 306. The molecule has 0 atom stereocenters. The van der Waals surface area contributed by atoms with Crippen molar-refractivity contribution < 1.29 is 9.47 Å². The minimum absolute atomic E-state index is 0.237. The van der Waals surface area contributed by atoms with E-state index in [-0.39, 0.29) is 5.41 Å². The molecule has 2 nitrogen and oxygen atoms in total. The molecule has 1 aromatic carbocycles. The van der Waals surface area contributed by atoms with Crippen LogP contribution in [0.5, 0.6) is 5.75 Å². The molecule has 1 saturated heterocycles. The van der Waals surface area contributed by atoms with E-state index in [2.05, 4.69) is 6.92 Å². The molecule has 1 heterocycles. The van der Waals surface area contributed by atoms with E-state index >= 15 is 0 Å². The van der Waals surface area contributed by atoms with Crippen LogP contribution in [0.25, 0.3) is 0 Å². The Morgan fingerprint density at radius 3 is 2.47 bits per heavy atom. The normalized spacial score (nSPS) is 18.3. The minimum Gasteiger partial charge on any atom is -0.493 e. The molecule has 1 aliphatic heterocycles. The fourth-order valence-corrected chi connectivity index (χ4v) is 1.58. The summed E-state index contributed by atoms with van der Waals surface area (Å²) < 4.78 is 11.0. The van der Waals surface area contributed by atoms with E-state index in [1.54, 1.807) is 0 Å². The first-order valence-electron chi connectivity index (χ1n) is 5.30. The molecule has 2 heteroatoms. The van der Waals surface area contributed by atoms with Crippen molar-refractivity contribution in [2.75, 3.05) is 19.8 Å². The molecule has 0 amide bonds. The summed E-state index contributed by atoms with van der Waals surface area (Å²) in [5, 5.41) is 0. The van der Waals surface area contributed by atoms with E-state index in [9.17, 15) is 0 Å². The monoisotopic (exact) mass is 204 g/mol. The maximum atomic E-state index is 5.72. The molecular formula is C13H16O2. The van der Waals surface area contributed by atoms with E-state index in [0.29, 0.717) is 0 Å². The summed E-state index contributed by atoms with van der Waals surface area (Å²) in [6.45, 7) is 10.1. The second-order valence-electron chi connectivity index (χ2n) is 4.20. The third-order valence-electron chi connectivity index (χ3n) is 2.99. The molecule has 1 aromatic rings. The second kappa shape index (κ2) is 4.23. The number of ether oxygens (including phenoxy) is 2. The Hall–Kier alpha value is -1.02. The van der Waals surface area contributed by atoms with Crippen LogP contribution < -0.4 is 4.74 Å². The molecule has 0 aliphatic carbocycles. The van der Waals surface area contributed by atoms with Gasteiger partial charge in [0.15, 0.2) is 0 Å². The minimum atomic E-state index is 0.237. The highest BCUT2D eigenvalue weighted by Crippen LogP contribution is 2.31. The fraction of sp³-hybridized carbons (Fsp3) is 0.462. The van der Waals surface area contributed by atoms with Gasteiger partial charge in [-0.3, -0.25) is 0 Å². The van der Waals surface area contributed by atoms with Gasteiger partial charge in [-0.1, -0.05) is 19.1 Å². The van der Waals surface area contributed by atoms with Crippen LogP contribution in [0, 0.1) is 12.3 Å². The Morgan fingerprint density at radius 2 is 2.00 bits per heavy atom. The summed E-state index contributed by atoms with van der Waals surface area (Å²) in [6, 6.07) is 7.51. The van der Waals surface area contributed by atoms with E-state index < -0.39 is 0 Å². The first-order valence-corrected chi connectivity index (χ1v) is 5.30. The summed E-state index contributed by atoms with van der Waals surface area (Å²) >= 11 is 0. The Kier molecular flexibility index (Phi) is 2.96. The average molecular weight is 204 g/mol. The van der Waals surface area contributed by atoms with E-state index in [4.69, 9.17) is 16.4 Å². The lowest BCUT2D eigenvalue weighted by atomic mass is 9.84. The predicted molar refractivity (Wildman–Crippen MR) is 58.9 cm³/mol. The molecule has 2 radical (unpaired) electrons. The number of benzene rings is 1. The predicted octanol–water partition coefficient (Wildman–Crippen LogP) is 2.55. The standard InChI is InChI=1S/C13H16O2/c1-3-13(8-14-9-13)10-15-12-6-4-11(2)5-7-12/h2,4-7H,3,8-10H2,1H3. The van der Waals surface area contributed by atoms with Gasteiger partial charge in [-0.15, -0.1) is 0 Å². The van der Waals surface area contributed by atoms with Gasteiger partial charge in [0, 0.05) is 0 Å². The van der Waals surface area contributed by atoms with Gasteiger partial charge in [-0.2, -0.15) is 0 Å². The molecule has 1 fully saturated rings. The van der Waals surface area contributed by atoms with Crippen molar-refractivity contribution in [1.82, 2.24) is 0 Å². The third kappa shape index (κ3) is 2.32. The Balaban J connectivity index is 1.90. The van der Waals surface area contributed by atoms with Crippen LogP contribution >= 0.6 is 0 Å². The largest absolute Gasteiger partial charge is 0.493 e. The second-order valence-corrected chi connectivity index (χ2v) is 4.20. The SMILES string of the molecule is [CH]c1ccc(OCC2(CC)COC2)cc1. The molecule has 0 bridgehead atoms. The van der Waals surface area contributed by atoms with Crippen LogP contribution in [0.4, 0.5) is 0 Å². The zero-order valence-electron chi connectivity index (χ0n) is 9.03. The molecule has 0 unspecified atom stereocenters. The van der Waals surface area contributed by atoms with Gasteiger partial charge in [0.05, 0.1) is 25.2 Å². The highest BCUT2D eigenvalue weighted by molar-refractivity contribution is 5.28. The van der Waals surface area contributed by atoms with Crippen LogP contribution in [0.3, 0.4) is 0 Å². The van der Waals surface area contributed by atoms with Gasteiger partial charge in [-0.25, -0.2) is 0 Å². The van der Waals surface area contributed by atoms with E-state index in [1.807, 2.05) is 24.3 Å². The Labute approximate surface area is 91.2 Å². The van der Waals surface area contributed by atoms with Crippen LogP contribution in [0.1, 0.15) is 18.9 Å². The summed E-state index contributed by atoms with van der Waals surface area (Å²) in [5.41, 5.74) is 1.00. The first-order chi connectivity index (χ1) is 7.24. The third-order valence-corrected chi connectivity index (χ3v) is 2.99. The van der Waals surface area contributed by atoms with Gasteiger partial charge in [-0.05, 0) is 31.0 Å². The van der Waals surface area contributed by atoms with Crippen LogP contribution in [0.2, 0.25) is 0 Å². The van der Waals surface area contributed by atoms with Crippen LogP contribution in [-0.4, -0.2) is 19.8 Å². The van der Waals surface area contributed by atoms with Crippen molar-refractivity contribution in [2.24, 2.45) is 5.41 Å². The average Bonchev–Trinajstić information content (AvgIpc) is 2.20. The lowest BCUT2D eigenvalue weighted by Gasteiger charge is -2.40. The lowest BCUT2D eigenvalue weighted by molar-refractivity contribution is -0.133. The zero-order valence-corrected chi connectivity index (χ0v) is 9.03. The molecule has 0 saturated carbocycles. The van der Waals surface area contributed by atoms with Crippen molar-refractivity contribution in [3.63, 3.8) is 0 Å². The van der Waals surface area contributed by atoms with Gasteiger partial charge in [0.25, 0.3) is 0 Å². The van der Waals surface area contributed by atoms with Crippen molar-refractivity contribution in [3.05, 3.63) is 36.8 Å². The van der Waals surface area contributed by atoms with Crippen molar-refractivity contribution in [3.8, 4) is 5.75 Å². The van der Waals surface area contributed by atoms with Gasteiger partial charge in [0.1, 0.15) is 5.75 Å². The lowest BCUT2D eigenvalue weighted by Crippen LogP contribution is -2.46. The molecule has 0 N–H and O–H groups in total. The van der Waals surface area contributed by atoms with E-state index in [0.717, 1.165) is 37.6 Å². The van der Waals surface area contributed by atoms with E-state index in [1.165, 1.54) is 0 Å². The quantitative estimate of drug-likeness (QED) is 0.750. The van der Waals surface area contributed by atoms with Gasteiger partial charge < -0.3 is 9.47 Å². The number of hydrogen-bond donors (Lipinski definition) is 0. The summed E-state index contributed by atoms with van der Waals surface area (Å²) in [4.78, 5) is 0. The molecule has 80 valence electrons. The summed E-state index contributed by atoms with van der Waals surface area (Å²) in [5.74, 6) is 0.879. The molecule has 2 rings (SSSR count). The maximum Gasteiger partial charge on any atom is 0.119 e. The Morgan fingerprint density at radius 1 is 1.33 bits per heavy atom. The zero-order chi connectivity index (χ0) is 10.7. The first kappa shape index (κ1) is 10.5. The molecule has 0 aromatic heterocycles. The van der Waals surface area contributed by atoms with Crippen molar-refractivity contribution >= 4 is 0 Å². The van der Waals surface area contributed by atoms with Crippen LogP contribution in [0.15, 0.2) is 24.3 Å². The highest BCUT2D eigenvalue weighted by Gasteiger charge is 2.37. The van der Waals surface area contributed by atoms with Crippen molar-refractivity contribution in [2.45, 2.75) is 13.3 Å². The number of rotatable bonds is 4. The highest BCUT2D eigenvalue weighted by atomic mass is 16.5. The number of hydrogen-bond acceptors (Lipinski definition) is 2. The molecule has 0 spiro atoms. The summed E-state index contributed by atoms with van der Waals surface area (Å²) in [6.07, 6.45) is 1.10. The van der Waals surface area contributed by atoms with Gasteiger partial charge >= 0.3 is 0 Å². The molecule has 15 heavy (non-hydrogen) atoms. The van der Waals surface area contributed by atoms with Gasteiger partial charge in [0.2, 0.25) is 0 Å². The smallest absolute Gasteiger partial charge is 0.119 e. The summed E-state index contributed by atoms with van der Waals surface area (Å²) in [7, 11) is 0. The maximum absolute atomic E-state index is 5.72. The van der Waals surface area contributed by atoms with Crippen molar-refractivity contribution in [1.29, 1.82) is 0 Å².